The lowest BCUT2D eigenvalue weighted by Gasteiger charge is -1.91. The Bertz CT molecular complexity index is 177. The molecule has 0 unspecified atom stereocenters. The summed E-state index contributed by atoms with van der Waals surface area (Å²) in [5.74, 6) is -0.370. The van der Waals surface area contributed by atoms with E-state index < -0.39 is 0 Å². The van der Waals surface area contributed by atoms with Gasteiger partial charge < -0.3 is 0 Å². The van der Waals surface area contributed by atoms with Crippen LogP contribution in [0.3, 0.4) is 0 Å². The summed E-state index contributed by atoms with van der Waals surface area (Å²) in [6, 6.07) is 0. The van der Waals surface area contributed by atoms with Crippen LogP contribution in [0.2, 0.25) is 0 Å². The van der Waals surface area contributed by atoms with Crippen LogP contribution >= 0.6 is 0 Å². The van der Waals surface area contributed by atoms with Gasteiger partial charge in [-0.25, -0.2) is 0 Å². The molecule has 0 rings (SSSR count). The molecule has 0 fully saturated rings. The van der Waals surface area contributed by atoms with Crippen LogP contribution in [0.15, 0.2) is 24.3 Å². The average molecular weight is 124 g/mol. The number of carbonyl (C=O) groups excluding carboxylic acids is 2. The fourth-order valence-corrected chi connectivity index (χ4v) is 0.328. The summed E-state index contributed by atoms with van der Waals surface area (Å²) in [7, 11) is 0. The Hall–Kier alpha value is -1.18. The maximum absolute atomic E-state index is 10.6. The SMILES string of the molecule is C=C(C)C(=O)C(=C)C=O. The van der Waals surface area contributed by atoms with Gasteiger partial charge in [-0.1, -0.05) is 13.2 Å². The van der Waals surface area contributed by atoms with Crippen LogP contribution in [0.1, 0.15) is 6.92 Å². The highest BCUT2D eigenvalue weighted by molar-refractivity contribution is 6.18. The van der Waals surface area contributed by atoms with Crippen molar-refractivity contribution >= 4 is 12.1 Å². The number of rotatable bonds is 3. The van der Waals surface area contributed by atoms with Gasteiger partial charge in [-0.05, 0) is 12.5 Å². The molecule has 0 radical (unpaired) electrons. The van der Waals surface area contributed by atoms with Crippen molar-refractivity contribution < 1.29 is 9.59 Å². The van der Waals surface area contributed by atoms with Crippen molar-refractivity contribution in [1.82, 2.24) is 0 Å². The molecule has 9 heavy (non-hydrogen) atoms. The van der Waals surface area contributed by atoms with Gasteiger partial charge in [0, 0.05) is 0 Å². The van der Waals surface area contributed by atoms with Gasteiger partial charge in [-0.2, -0.15) is 0 Å². The van der Waals surface area contributed by atoms with Gasteiger partial charge in [0.2, 0.25) is 0 Å². The number of hydrogen-bond acceptors (Lipinski definition) is 2. The molecule has 0 bridgehead atoms. The van der Waals surface area contributed by atoms with Gasteiger partial charge >= 0.3 is 0 Å². The molecule has 0 atom stereocenters. The number of carbonyl (C=O) groups is 2. The monoisotopic (exact) mass is 124 g/mol. The predicted molar refractivity (Wildman–Crippen MR) is 35.0 cm³/mol. The highest BCUT2D eigenvalue weighted by Gasteiger charge is 2.04. The van der Waals surface area contributed by atoms with Gasteiger partial charge in [0.05, 0.1) is 5.57 Å². The molecule has 0 amide bonds. The summed E-state index contributed by atoms with van der Waals surface area (Å²) in [6.07, 6.45) is 0.428. The van der Waals surface area contributed by atoms with Crippen molar-refractivity contribution in [2.75, 3.05) is 0 Å². The molecule has 0 aliphatic heterocycles. The maximum Gasteiger partial charge on any atom is 0.190 e. The molecule has 0 heterocycles. The second-order valence-electron chi connectivity index (χ2n) is 1.75. The Labute approximate surface area is 53.9 Å². The Morgan fingerprint density at radius 2 is 1.89 bits per heavy atom. The van der Waals surface area contributed by atoms with Crippen molar-refractivity contribution in [3.8, 4) is 0 Å². The third-order valence-corrected chi connectivity index (χ3v) is 0.822. The molecular weight excluding hydrogens is 116 g/mol. The Morgan fingerprint density at radius 1 is 1.44 bits per heavy atom. The fraction of sp³-hybridized carbons (Fsp3) is 0.143. The van der Waals surface area contributed by atoms with Crippen LogP contribution in [-0.4, -0.2) is 12.1 Å². The normalized spacial score (nSPS) is 8.11. The summed E-state index contributed by atoms with van der Waals surface area (Å²) in [5.41, 5.74) is 0.301. The van der Waals surface area contributed by atoms with E-state index in [1.807, 2.05) is 0 Å². The first kappa shape index (κ1) is 7.82. The van der Waals surface area contributed by atoms with E-state index in [0.29, 0.717) is 11.9 Å². The van der Waals surface area contributed by atoms with Gasteiger partial charge in [0.15, 0.2) is 12.1 Å². The van der Waals surface area contributed by atoms with Gasteiger partial charge in [-0.15, -0.1) is 0 Å². The molecule has 0 aliphatic rings. The first-order valence-corrected chi connectivity index (χ1v) is 2.44. The van der Waals surface area contributed by atoms with Gasteiger partial charge in [0.1, 0.15) is 0 Å². The minimum absolute atomic E-state index is 0.0394. The molecule has 0 spiro atoms. The van der Waals surface area contributed by atoms with E-state index in [1.54, 1.807) is 0 Å². The van der Waals surface area contributed by atoms with Crippen LogP contribution in [0.25, 0.3) is 0 Å². The molecule has 0 aromatic heterocycles. The average Bonchev–Trinajstić information content (AvgIpc) is 1.84. The van der Waals surface area contributed by atoms with Crippen molar-refractivity contribution in [2.45, 2.75) is 6.92 Å². The van der Waals surface area contributed by atoms with Crippen LogP contribution in [0, 0.1) is 0 Å². The summed E-state index contributed by atoms with van der Waals surface area (Å²) < 4.78 is 0. The van der Waals surface area contributed by atoms with E-state index in [-0.39, 0.29) is 11.4 Å². The molecule has 0 aliphatic carbocycles. The molecule has 0 aromatic rings. The minimum atomic E-state index is -0.370. The van der Waals surface area contributed by atoms with Crippen molar-refractivity contribution in [2.24, 2.45) is 0 Å². The number of aldehydes is 1. The van der Waals surface area contributed by atoms with Gasteiger partial charge in [0.25, 0.3) is 0 Å². The van der Waals surface area contributed by atoms with E-state index in [2.05, 4.69) is 13.2 Å². The van der Waals surface area contributed by atoms with Crippen molar-refractivity contribution in [3.05, 3.63) is 24.3 Å². The first-order chi connectivity index (χ1) is 4.09. The molecule has 48 valence electrons. The third-order valence-electron chi connectivity index (χ3n) is 0.822. The second-order valence-corrected chi connectivity index (χ2v) is 1.75. The zero-order valence-corrected chi connectivity index (χ0v) is 5.31. The largest absolute Gasteiger partial charge is 0.298 e. The Morgan fingerprint density at radius 3 is 2.00 bits per heavy atom. The minimum Gasteiger partial charge on any atom is -0.298 e. The molecule has 0 saturated carbocycles. The van der Waals surface area contributed by atoms with Crippen molar-refractivity contribution in [1.29, 1.82) is 0 Å². The molecule has 0 aromatic carbocycles. The van der Waals surface area contributed by atoms with E-state index in [1.165, 1.54) is 6.92 Å². The lowest BCUT2D eigenvalue weighted by atomic mass is 10.1. The lowest BCUT2D eigenvalue weighted by Crippen LogP contribution is -2.02. The molecular formula is C7H8O2. The lowest BCUT2D eigenvalue weighted by molar-refractivity contribution is -0.114. The Balaban J connectivity index is 4.22. The standard InChI is InChI=1S/C7H8O2/c1-5(2)7(9)6(3)4-8/h4H,1,3H2,2H3. The van der Waals surface area contributed by atoms with E-state index in [9.17, 15) is 9.59 Å². The smallest absolute Gasteiger partial charge is 0.190 e. The van der Waals surface area contributed by atoms with E-state index >= 15 is 0 Å². The van der Waals surface area contributed by atoms with Crippen LogP contribution in [0.4, 0.5) is 0 Å². The summed E-state index contributed by atoms with van der Waals surface area (Å²) in [4.78, 5) is 20.5. The van der Waals surface area contributed by atoms with Crippen molar-refractivity contribution in [3.63, 3.8) is 0 Å². The van der Waals surface area contributed by atoms with E-state index in [4.69, 9.17) is 0 Å². The number of allylic oxidation sites excluding steroid dienone is 2. The number of ketones is 1. The second kappa shape index (κ2) is 2.97. The molecule has 0 N–H and O–H groups in total. The van der Waals surface area contributed by atoms with Gasteiger partial charge in [-0.3, -0.25) is 9.59 Å². The topological polar surface area (TPSA) is 34.1 Å². The zero-order chi connectivity index (χ0) is 7.44. The molecule has 2 nitrogen and oxygen atoms in total. The quantitative estimate of drug-likeness (QED) is 0.242. The summed E-state index contributed by atoms with van der Waals surface area (Å²) in [5, 5.41) is 0. The van der Waals surface area contributed by atoms with Crippen LogP contribution in [-0.2, 0) is 9.59 Å². The highest BCUT2D eigenvalue weighted by atomic mass is 16.1. The maximum atomic E-state index is 10.6. The van der Waals surface area contributed by atoms with E-state index in [0.717, 1.165) is 0 Å². The first-order valence-electron chi connectivity index (χ1n) is 2.44. The highest BCUT2D eigenvalue weighted by Crippen LogP contribution is 1.96. The third kappa shape index (κ3) is 2.04. The number of Topliss-reactive ketones (excluding diaryl/α,β-unsaturated/α-hetero) is 1. The van der Waals surface area contributed by atoms with Crippen LogP contribution in [0.5, 0.6) is 0 Å². The predicted octanol–water partition coefficient (Wildman–Crippen LogP) is 0.887. The Kier molecular flexibility index (Phi) is 2.58. The molecule has 2 heteroatoms. The molecule has 0 saturated heterocycles. The van der Waals surface area contributed by atoms with Crippen LogP contribution < -0.4 is 0 Å². The number of hydrogen-bond donors (Lipinski definition) is 0. The zero-order valence-electron chi connectivity index (χ0n) is 5.31. The summed E-state index contributed by atoms with van der Waals surface area (Å²) >= 11 is 0. The fourth-order valence-electron chi connectivity index (χ4n) is 0.328. The summed E-state index contributed by atoms with van der Waals surface area (Å²) in [6.45, 7) is 8.11.